The fraction of sp³-hybridized carbons (Fsp3) is 0.929. The van der Waals surface area contributed by atoms with Crippen LogP contribution in [0, 0.1) is 11.3 Å². The van der Waals surface area contributed by atoms with Crippen molar-refractivity contribution >= 4 is 5.91 Å². The van der Waals surface area contributed by atoms with Crippen molar-refractivity contribution in [1.29, 1.82) is 0 Å². The van der Waals surface area contributed by atoms with Crippen molar-refractivity contribution in [2.45, 2.75) is 58.4 Å². The van der Waals surface area contributed by atoms with Gasteiger partial charge in [0.2, 0.25) is 5.91 Å². The van der Waals surface area contributed by atoms with Crippen LogP contribution < -0.4 is 10.6 Å². The largest absolute Gasteiger partial charge is 0.353 e. The van der Waals surface area contributed by atoms with Crippen LogP contribution in [0.4, 0.5) is 0 Å². The van der Waals surface area contributed by atoms with Crippen molar-refractivity contribution < 1.29 is 4.79 Å². The lowest BCUT2D eigenvalue weighted by atomic mass is 9.74. The third-order valence-corrected chi connectivity index (χ3v) is 4.59. The van der Waals surface area contributed by atoms with Crippen LogP contribution in [-0.2, 0) is 4.79 Å². The monoisotopic (exact) mass is 238 g/mol. The molecule has 17 heavy (non-hydrogen) atoms. The summed E-state index contributed by atoms with van der Waals surface area (Å²) in [4.78, 5) is 12.4. The predicted octanol–water partition coefficient (Wildman–Crippen LogP) is 2.07. The zero-order valence-corrected chi connectivity index (χ0v) is 11.2. The van der Waals surface area contributed by atoms with Gasteiger partial charge in [-0.05, 0) is 44.7 Å². The standard InChI is InChI=1S/C14H26N2O/c1-14(2,11-6-5-9-15-10-11)13(17)16-12-7-3-4-8-12/h11-12,15H,3-10H2,1-2H3,(H,16,17). The molecule has 2 fully saturated rings. The minimum atomic E-state index is -0.226. The molecule has 1 saturated carbocycles. The molecule has 1 amide bonds. The molecule has 2 N–H and O–H groups in total. The van der Waals surface area contributed by atoms with E-state index in [1.807, 2.05) is 0 Å². The van der Waals surface area contributed by atoms with Crippen LogP contribution in [0.2, 0.25) is 0 Å². The highest BCUT2D eigenvalue weighted by molar-refractivity contribution is 5.82. The lowest BCUT2D eigenvalue weighted by Gasteiger charge is -2.36. The average molecular weight is 238 g/mol. The lowest BCUT2D eigenvalue weighted by Crippen LogP contribution is -2.49. The topological polar surface area (TPSA) is 41.1 Å². The van der Waals surface area contributed by atoms with Crippen molar-refractivity contribution in [1.82, 2.24) is 10.6 Å². The number of nitrogens with one attached hydrogen (secondary N) is 2. The zero-order chi connectivity index (χ0) is 12.3. The molecule has 1 saturated heterocycles. The van der Waals surface area contributed by atoms with Gasteiger partial charge in [-0.15, -0.1) is 0 Å². The Labute approximate surface area is 105 Å². The molecule has 1 unspecified atom stereocenters. The van der Waals surface area contributed by atoms with E-state index < -0.39 is 0 Å². The summed E-state index contributed by atoms with van der Waals surface area (Å²) in [5.74, 6) is 0.746. The molecule has 0 radical (unpaired) electrons. The number of amides is 1. The Bertz CT molecular complexity index is 263. The van der Waals surface area contributed by atoms with Gasteiger partial charge in [0.1, 0.15) is 0 Å². The average Bonchev–Trinajstić information content (AvgIpc) is 2.83. The van der Waals surface area contributed by atoms with Crippen LogP contribution in [0.5, 0.6) is 0 Å². The molecule has 1 aliphatic carbocycles. The third kappa shape index (κ3) is 3.01. The van der Waals surface area contributed by atoms with Crippen LogP contribution >= 0.6 is 0 Å². The van der Waals surface area contributed by atoms with E-state index in [9.17, 15) is 4.79 Å². The second-order valence-electron chi connectivity index (χ2n) is 6.22. The smallest absolute Gasteiger partial charge is 0.226 e. The Balaban J connectivity index is 1.90. The van der Waals surface area contributed by atoms with Gasteiger partial charge in [0.15, 0.2) is 0 Å². The Morgan fingerprint density at radius 1 is 1.18 bits per heavy atom. The molecule has 0 bridgehead atoms. The number of carbonyl (C=O) groups is 1. The van der Waals surface area contributed by atoms with Crippen molar-refractivity contribution in [3.8, 4) is 0 Å². The first-order valence-corrected chi connectivity index (χ1v) is 7.12. The quantitative estimate of drug-likeness (QED) is 0.790. The second kappa shape index (κ2) is 5.38. The van der Waals surface area contributed by atoms with Gasteiger partial charge in [-0.25, -0.2) is 0 Å². The van der Waals surface area contributed by atoms with Crippen LogP contribution in [0.25, 0.3) is 0 Å². The molecule has 0 spiro atoms. The van der Waals surface area contributed by atoms with Gasteiger partial charge in [-0.1, -0.05) is 26.7 Å². The first kappa shape index (κ1) is 12.9. The highest BCUT2D eigenvalue weighted by Crippen LogP contribution is 2.32. The van der Waals surface area contributed by atoms with E-state index in [0.29, 0.717) is 12.0 Å². The predicted molar refractivity (Wildman–Crippen MR) is 69.8 cm³/mol. The van der Waals surface area contributed by atoms with Crippen LogP contribution in [0.3, 0.4) is 0 Å². The second-order valence-corrected chi connectivity index (χ2v) is 6.22. The summed E-state index contributed by atoms with van der Waals surface area (Å²) in [6, 6.07) is 0.443. The van der Waals surface area contributed by atoms with Gasteiger partial charge in [0, 0.05) is 11.5 Å². The van der Waals surface area contributed by atoms with Gasteiger partial charge in [0.05, 0.1) is 0 Å². The fourth-order valence-electron chi connectivity index (χ4n) is 3.09. The number of piperidine rings is 1. The summed E-state index contributed by atoms with van der Waals surface area (Å²) in [6.07, 6.45) is 7.27. The maximum absolute atomic E-state index is 12.4. The van der Waals surface area contributed by atoms with Crippen molar-refractivity contribution in [2.24, 2.45) is 11.3 Å². The highest BCUT2D eigenvalue weighted by Gasteiger charge is 2.38. The van der Waals surface area contributed by atoms with Crippen LogP contribution in [0.1, 0.15) is 52.4 Å². The molecule has 0 aromatic heterocycles. The lowest BCUT2D eigenvalue weighted by molar-refractivity contribution is -0.133. The molecule has 0 aromatic carbocycles. The van der Waals surface area contributed by atoms with Gasteiger partial charge < -0.3 is 10.6 Å². The summed E-state index contributed by atoms with van der Waals surface area (Å²) in [7, 11) is 0. The van der Waals surface area contributed by atoms with Gasteiger partial charge in [-0.2, -0.15) is 0 Å². The van der Waals surface area contributed by atoms with E-state index in [4.69, 9.17) is 0 Å². The molecule has 3 heteroatoms. The Kier molecular flexibility index (Phi) is 4.08. The number of rotatable bonds is 3. The molecule has 1 atom stereocenters. The minimum absolute atomic E-state index is 0.226. The molecule has 1 aliphatic heterocycles. The number of carbonyl (C=O) groups excluding carboxylic acids is 1. The Hall–Kier alpha value is -0.570. The van der Waals surface area contributed by atoms with Gasteiger partial charge in [-0.3, -0.25) is 4.79 Å². The van der Waals surface area contributed by atoms with Crippen molar-refractivity contribution in [2.75, 3.05) is 13.1 Å². The number of hydrogen-bond donors (Lipinski definition) is 2. The molecule has 2 rings (SSSR count). The van der Waals surface area contributed by atoms with Crippen LogP contribution in [-0.4, -0.2) is 25.0 Å². The van der Waals surface area contributed by atoms with Gasteiger partial charge in [0.25, 0.3) is 0 Å². The summed E-state index contributed by atoms with van der Waals surface area (Å²) in [5, 5.41) is 6.66. The van der Waals surface area contributed by atoms with Crippen molar-refractivity contribution in [3.63, 3.8) is 0 Å². The Morgan fingerprint density at radius 2 is 1.88 bits per heavy atom. The van der Waals surface area contributed by atoms with E-state index in [-0.39, 0.29) is 11.3 Å². The van der Waals surface area contributed by atoms with Gasteiger partial charge >= 0.3 is 0 Å². The fourth-order valence-corrected chi connectivity index (χ4v) is 3.09. The summed E-state index contributed by atoms with van der Waals surface area (Å²) < 4.78 is 0. The first-order valence-electron chi connectivity index (χ1n) is 7.12. The maximum Gasteiger partial charge on any atom is 0.226 e. The SMILES string of the molecule is CC(C)(C(=O)NC1CCCC1)C1CCCNC1. The van der Waals surface area contributed by atoms with E-state index >= 15 is 0 Å². The van der Waals surface area contributed by atoms with E-state index in [1.54, 1.807) is 0 Å². The number of hydrogen-bond acceptors (Lipinski definition) is 2. The molecule has 3 nitrogen and oxygen atoms in total. The summed E-state index contributed by atoms with van der Waals surface area (Å²) >= 11 is 0. The maximum atomic E-state index is 12.4. The third-order valence-electron chi connectivity index (χ3n) is 4.59. The van der Waals surface area contributed by atoms with E-state index in [1.165, 1.54) is 38.5 Å². The van der Waals surface area contributed by atoms with Crippen LogP contribution in [0.15, 0.2) is 0 Å². The van der Waals surface area contributed by atoms with E-state index in [0.717, 1.165) is 13.1 Å². The normalized spacial score (nSPS) is 27.1. The molecular formula is C14H26N2O. The molecule has 1 heterocycles. The molecule has 2 aliphatic rings. The first-order chi connectivity index (χ1) is 8.10. The molecule has 98 valence electrons. The summed E-state index contributed by atoms with van der Waals surface area (Å²) in [5.41, 5.74) is -0.226. The molecule has 0 aromatic rings. The zero-order valence-electron chi connectivity index (χ0n) is 11.2. The van der Waals surface area contributed by atoms with E-state index in [2.05, 4.69) is 24.5 Å². The highest BCUT2D eigenvalue weighted by atomic mass is 16.2. The Morgan fingerprint density at radius 3 is 2.47 bits per heavy atom. The molecular weight excluding hydrogens is 212 g/mol. The summed E-state index contributed by atoms with van der Waals surface area (Å²) in [6.45, 7) is 6.31. The van der Waals surface area contributed by atoms with Crippen molar-refractivity contribution in [3.05, 3.63) is 0 Å². The minimum Gasteiger partial charge on any atom is -0.353 e.